The summed E-state index contributed by atoms with van der Waals surface area (Å²) >= 11 is 0. The Bertz CT molecular complexity index is 568. The van der Waals surface area contributed by atoms with Crippen LogP contribution in [0, 0.1) is 0 Å². The molecule has 0 bridgehead atoms. The van der Waals surface area contributed by atoms with Gasteiger partial charge in [-0.15, -0.1) is 10.2 Å². The number of hydrogen-bond acceptors (Lipinski definition) is 4. The van der Waals surface area contributed by atoms with Crippen molar-refractivity contribution in [2.24, 2.45) is 0 Å². The van der Waals surface area contributed by atoms with Crippen LogP contribution in [0.25, 0.3) is 5.69 Å². The molecule has 1 aliphatic rings. The van der Waals surface area contributed by atoms with Crippen molar-refractivity contribution in [3.05, 3.63) is 42.0 Å². The minimum absolute atomic E-state index is 0.119. The van der Waals surface area contributed by atoms with Gasteiger partial charge in [0.25, 0.3) is 0 Å². The fourth-order valence-corrected chi connectivity index (χ4v) is 2.88. The Labute approximate surface area is 118 Å². The molecule has 5 nitrogen and oxygen atoms in total. The summed E-state index contributed by atoms with van der Waals surface area (Å²) in [6.45, 7) is 2.77. The molecule has 2 heterocycles. The Morgan fingerprint density at radius 2 is 2.10 bits per heavy atom. The Hall–Kier alpha value is -1.72. The number of aliphatic hydroxyl groups excluding tert-OH is 1. The van der Waals surface area contributed by atoms with Crippen molar-refractivity contribution in [2.75, 3.05) is 6.61 Å². The highest BCUT2D eigenvalue weighted by atomic mass is 16.5. The first kappa shape index (κ1) is 13.3. The molecule has 0 amide bonds. The van der Waals surface area contributed by atoms with Gasteiger partial charge in [-0.05, 0) is 25.0 Å². The highest BCUT2D eigenvalue weighted by molar-refractivity contribution is 5.35. The summed E-state index contributed by atoms with van der Waals surface area (Å²) in [7, 11) is 0. The first-order chi connectivity index (χ1) is 9.85. The molecular weight excluding hydrogens is 254 g/mol. The van der Waals surface area contributed by atoms with E-state index >= 15 is 0 Å². The normalized spacial score (nSPS) is 22.3. The molecule has 3 rings (SSSR count). The van der Waals surface area contributed by atoms with E-state index in [2.05, 4.69) is 17.1 Å². The summed E-state index contributed by atoms with van der Waals surface area (Å²) in [4.78, 5) is 0. The first-order valence-corrected chi connectivity index (χ1v) is 7.07. The summed E-state index contributed by atoms with van der Waals surface area (Å²) in [5.41, 5.74) is 0.985. The SMILES string of the molecule is CCC1OCCC1c1nnc(CO)n1-c1ccccc1. The number of ether oxygens (including phenoxy) is 1. The second-order valence-electron chi connectivity index (χ2n) is 5.02. The zero-order valence-corrected chi connectivity index (χ0v) is 11.6. The Balaban J connectivity index is 2.06. The van der Waals surface area contributed by atoms with Crippen LogP contribution in [0.3, 0.4) is 0 Å². The van der Waals surface area contributed by atoms with Crippen LogP contribution in [-0.2, 0) is 11.3 Å². The molecule has 0 radical (unpaired) electrons. The summed E-state index contributed by atoms with van der Waals surface area (Å²) in [6, 6.07) is 9.93. The molecule has 0 spiro atoms. The fraction of sp³-hybridized carbons (Fsp3) is 0.467. The topological polar surface area (TPSA) is 60.2 Å². The standard InChI is InChI=1S/C15H19N3O2/c1-2-13-12(8-9-20-13)15-17-16-14(10-19)18(15)11-6-4-3-5-7-11/h3-7,12-13,19H,2,8-10H2,1H3. The van der Waals surface area contributed by atoms with Gasteiger partial charge in [0.1, 0.15) is 12.4 Å². The van der Waals surface area contributed by atoms with E-state index in [1.54, 1.807) is 0 Å². The van der Waals surface area contributed by atoms with E-state index in [0.717, 1.165) is 31.0 Å². The molecule has 1 N–H and O–H groups in total. The number of para-hydroxylation sites is 1. The van der Waals surface area contributed by atoms with E-state index in [1.165, 1.54) is 0 Å². The first-order valence-electron chi connectivity index (χ1n) is 7.07. The van der Waals surface area contributed by atoms with Crippen molar-refractivity contribution in [1.82, 2.24) is 14.8 Å². The lowest BCUT2D eigenvalue weighted by Crippen LogP contribution is -2.18. The van der Waals surface area contributed by atoms with Gasteiger partial charge in [-0.1, -0.05) is 25.1 Å². The molecule has 1 aromatic carbocycles. The average molecular weight is 273 g/mol. The van der Waals surface area contributed by atoms with Gasteiger partial charge < -0.3 is 9.84 Å². The smallest absolute Gasteiger partial charge is 0.163 e. The maximum absolute atomic E-state index is 9.50. The van der Waals surface area contributed by atoms with E-state index in [4.69, 9.17) is 4.74 Å². The van der Waals surface area contributed by atoms with E-state index in [9.17, 15) is 5.11 Å². The molecule has 2 atom stereocenters. The second-order valence-corrected chi connectivity index (χ2v) is 5.02. The second kappa shape index (κ2) is 5.73. The van der Waals surface area contributed by atoms with Crippen molar-refractivity contribution < 1.29 is 9.84 Å². The van der Waals surface area contributed by atoms with Gasteiger partial charge in [-0.25, -0.2) is 0 Å². The van der Waals surface area contributed by atoms with E-state index in [-0.39, 0.29) is 18.6 Å². The van der Waals surface area contributed by atoms with Crippen LogP contribution >= 0.6 is 0 Å². The van der Waals surface area contributed by atoms with Gasteiger partial charge in [0.15, 0.2) is 5.82 Å². The monoisotopic (exact) mass is 273 g/mol. The Kier molecular flexibility index (Phi) is 3.80. The summed E-state index contributed by atoms with van der Waals surface area (Å²) in [5, 5.41) is 18.0. The minimum atomic E-state index is -0.119. The third kappa shape index (κ3) is 2.23. The Morgan fingerprint density at radius 1 is 1.30 bits per heavy atom. The lowest BCUT2D eigenvalue weighted by atomic mass is 9.98. The number of benzene rings is 1. The van der Waals surface area contributed by atoms with Gasteiger partial charge >= 0.3 is 0 Å². The molecule has 0 saturated carbocycles. The van der Waals surface area contributed by atoms with E-state index in [1.807, 2.05) is 34.9 Å². The number of hydrogen-bond donors (Lipinski definition) is 1. The molecule has 106 valence electrons. The van der Waals surface area contributed by atoms with Gasteiger partial charge in [0.2, 0.25) is 0 Å². The van der Waals surface area contributed by atoms with Crippen molar-refractivity contribution in [2.45, 2.75) is 38.4 Å². The van der Waals surface area contributed by atoms with Crippen molar-refractivity contribution in [3.8, 4) is 5.69 Å². The lowest BCUT2D eigenvalue weighted by Gasteiger charge is -2.18. The third-order valence-electron chi connectivity index (χ3n) is 3.85. The van der Waals surface area contributed by atoms with Crippen LogP contribution in [-0.4, -0.2) is 32.6 Å². The molecule has 2 unspecified atom stereocenters. The van der Waals surface area contributed by atoms with Crippen LogP contribution in [0.4, 0.5) is 0 Å². The molecular formula is C15H19N3O2. The largest absolute Gasteiger partial charge is 0.388 e. The molecule has 1 saturated heterocycles. The van der Waals surface area contributed by atoms with Crippen LogP contribution in [0.15, 0.2) is 30.3 Å². The van der Waals surface area contributed by atoms with Gasteiger partial charge in [-0.2, -0.15) is 0 Å². The Morgan fingerprint density at radius 3 is 2.80 bits per heavy atom. The lowest BCUT2D eigenvalue weighted by molar-refractivity contribution is 0.0991. The quantitative estimate of drug-likeness (QED) is 0.926. The maximum atomic E-state index is 9.50. The molecule has 0 aliphatic carbocycles. The van der Waals surface area contributed by atoms with Crippen LogP contribution in [0.5, 0.6) is 0 Å². The summed E-state index contributed by atoms with van der Waals surface area (Å²) in [6.07, 6.45) is 2.10. The molecule has 20 heavy (non-hydrogen) atoms. The third-order valence-corrected chi connectivity index (χ3v) is 3.85. The predicted octanol–water partition coefficient (Wildman–Crippen LogP) is 2.04. The van der Waals surface area contributed by atoms with Crippen LogP contribution < -0.4 is 0 Å². The number of nitrogens with zero attached hydrogens (tertiary/aromatic N) is 3. The number of rotatable bonds is 4. The molecule has 1 aromatic heterocycles. The van der Waals surface area contributed by atoms with Crippen LogP contribution in [0.1, 0.15) is 37.3 Å². The average Bonchev–Trinajstić information content (AvgIpc) is 3.13. The van der Waals surface area contributed by atoms with E-state index in [0.29, 0.717) is 5.82 Å². The predicted molar refractivity (Wildman–Crippen MR) is 74.7 cm³/mol. The highest BCUT2D eigenvalue weighted by Crippen LogP contribution is 2.33. The maximum Gasteiger partial charge on any atom is 0.163 e. The molecule has 1 aliphatic heterocycles. The van der Waals surface area contributed by atoms with E-state index < -0.39 is 0 Å². The van der Waals surface area contributed by atoms with Gasteiger partial charge in [0, 0.05) is 18.2 Å². The summed E-state index contributed by atoms with van der Waals surface area (Å²) in [5.74, 6) is 1.71. The molecule has 5 heteroatoms. The number of aliphatic hydroxyl groups is 1. The van der Waals surface area contributed by atoms with Crippen molar-refractivity contribution >= 4 is 0 Å². The molecule has 2 aromatic rings. The fourth-order valence-electron chi connectivity index (χ4n) is 2.88. The van der Waals surface area contributed by atoms with Crippen LogP contribution in [0.2, 0.25) is 0 Å². The van der Waals surface area contributed by atoms with Gasteiger partial charge in [-0.3, -0.25) is 4.57 Å². The zero-order chi connectivity index (χ0) is 13.9. The van der Waals surface area contributed by atoms with Crippen molar-refractivity contribution in [3.63, 3.8) is 0 Å². The van der Waals surface area contributed by atoms with Gasteiger partial charge in [0.05, 0.1) is 6.10 Å². The molecule has 1 fully saturated rings. The zero-order valence-electron chi connectivity index (χ0n) is 11.6. The number of aromatic nitrogens is 3. The summed E-state index contributed by atoms with van der Waals surface area (Å²) < 4.78 is 7.72. The van der Waals surface area contributed by atoms with Crippen molar-refractivity contribution in [1.29, 1.82) is 0 Å². The highest BCUT2D eigenvalue weighted by Gasteiger charge is 2.33. The minimum Gasteiger partial charge on any atom is -0.388 e.